The number of nitrogens with one attached hydrogen (secondary N) is 1. The Morgan fingerprint density at radius 2 is 2.07 bits per heavy atom. The van der Waals surface area contributed by atoms with Gasteiger partial charge in [-0.25, -0.2) is 0 Å². The first-order valence-corrected chi connectivity index (χ1v) is 6.13. The predicted molar refractivity (Wildman–Crippen MR) is 62.1 cm³/mol. The van der Waals surface area contributed by atoms with E-state index in [9.17, 15) is 0 Å². The van der Waals surface area contributed by atoms with E-state index < -0.39 is 0 Å². The minimum absolute atomic E-state index is 0.677. The molecule has 1 N–H and O–H groups in total. The van der Waals surface area contributed by atoms with E-state index in [1.807, 2.05) is 0 Å². The summed E-state index contributed by atoms with van der Waals surface area (Å²) in [5.74, 6) is 1.02. The number of rotatable bonds is 10. The Balaban J connectivity index is 1.75. The third-order valence-corrected chi connectivity index (χ3v) is 2.77. The van der Waals surface area contributed by atoms with Gasteiger partial charge < -0.3 is 14.8 Å². The van der Waals surface area contributed by atoms with Gasteiger partial charge in [-0.2, -0.15) is 0 Å². The molecule has 0 amide bonds. The van der Waals surface area contributed by atoms with Crippen LogP contribution in [0.4, 0.5) is 0 Å². The van der Waals surface area contributed by atoms with Crippen LogP contribution in [0.2, 0.25) is 0 Å². The Hall–Kier alpha value is -0.120. The van der Waals surface area contributed by atoms with Crippen LogP contribution in [0.25, 0.3) is 0 Å². The van der Waals surface area contributed by atoms with Crippen molar-refractivity contribution >= 4 is 0 Å². The van der Waals surface area contributed by atoms with Gasteiger partial charge in [0.25, 0.3) is 0 Å². The molecular weight excluding hydrogens is 190 g/mol. The highest BCUT2D eigenvalue weighted by molar-refractivity contribution is 4.77. The summed E-state index contributed by atoms with van der Waals surface area (Å²) in [5, 5.41) is 3.53. The zero-order chi connectivity index (χ0) is 10.9. The topological polar surface area (TPSA) is 30.5 Å². The van der Waals surface area contributed by atoms with Crippen LogP contribution in [0.5, 0.6) is 0 Å². The van der Waals surface area contributed by atoms with E-state index in [0.717, 1.165) is 25.5 Å². The lowest BCUT2D eigenvalue weighted by Crippen LogP contribution is -2.28. The van der Waals surface area contributed by atoms with E-state index in [2.05, 4.69) is 12.2 Å². The molecule has 1 fully saturated rings. The molecule has 0 aliphatic heterocycles. The largest absolute Gasteiger partial charge is 0.382 e. The van der Waals surface area contributed by atoms with Crippen molar-refractivity contribution in [2.45, 2.75) is 38.6 Å². The summed E-state index contributed by atoms with van der Waals surface area (Å²) in [4.78, 5) is 0. The average Bonchev–Trinajstić information content (AvgIpc) is 3.00. The zero-order valence-corrected chi connectivity index (χ0v) is 10.1. The summed E-state index contributed by atoms with van der Waals surface area (Å²) in [7, 11) is 1.70. The van der Waals surface area contributed by atoms with Gasteiger partial charge >= 0.3 is 0 Å². The number of methoxy groups -OCH3 is 1. The quantitative estimate of drug-likeness (QED) is 0.564. The summed E-state index contributed by atoms with van der Waals surface area (Å²) in [5.41, 5.74) is 0. The monoisotopic (exact) mass is 215 g/mol. The van der Waals surface area contributed by atoms with E-state index >= 15 is 0 Å². The van der Waals surface area contributed by atoms with Crippen LogP contribution in [0.1, 0.15) is 32.6 Å². The molecule has 1 atom stereocenters. The predicted octanol–water partition coefficient (Wildman–Crippen LogP) is 1.82. The maximum absolute atomic E-state index is 5.38. The maximum atomic E-state index is 5.38. The first-order valence-electron chi connectivity index (χ1n) is 6.13. The van der Waals surface area contributed by atoms with Gasteiger partial charge in [0.15, 0.2) is 0 Å². The lowest BCUT2D eigenvalue weighted by molar-refractivity contribution is 0.0692. The molecular formula is C12H25NO2. The molecule has 0 aromatic heterocycles. The van der Waals surface area contributed by atoms with Crippen molar-refractivity contribution in [1.29, 1.82) is 0 Å². The van der Waals surface area contributed by atoms with Crippen LogP contribution in [-0.4, -0.2) is 39.5 Å². The molecule has 15 heavy (non-hydrogen) atoms. The third-order valence-electron chi connectivity index (χ3n) is 2.77. The smallest absolute Gasteiger partial charge is 0.0700 e. The second kappa shape index (κ2) is 8.08. The molecule has 1 saturated carbocycles. The number of hydrogen-bond acceptors (Lipinski definition) is 3. The van der Waals surface area contributed by atoms with Crippen molar-refractivity contribution in [3.63, 3.8) is 0 Å². The van der Waals surface area contributed by atoms with E-state index in [-0.39, 0.29) is 0 Å². The molecule has 1 rings (SSSR count). The van der Waals surface area contributed by atoms with Crippen LogP contribution in [0, 0.1) is 5.92 Å². The van der Waals surface area contributed by atoms with Gasteiger partial charge in [-0.3, -0.25) is 0 Å². The van der Waals surface area contributed by atoms with Crippen LogP contribution in [0.15, 0.2) is 0 Å². The van der Waals surface area contributed by atoms with Gasteiger partial charge in [0.2, 0.25) is 0 Å². The van der Waals surface area contributed by atoms with Crippen molar-refractivity contribution in [1.82, 2.24) is 5.32 Å². The second-order valence-corrected chi connectivity index (χ2v) is 4.49. The van der Waals surface area contributed by atoms with E-state index in [1.54, 1.807) is 7.11 Å². The maximum Gasteiger partial charge on any atom is 0.0700 e. The molecule has 3 nitrogen and oxygen atoms in total. The number of ether oxygens (including phenoxy) is 2. The Bertz CT molecular complexity index is 149. The fraction of sp³-hybridized carbons (Fsp3) is 1.00. The van der Waals surface area contributed by atoms with Crippen LogP contribution < -0.4 is 5.32 Å². The Kier molecular flexibility index (Phi) is 6.98. The summed E-state index contributed by atoms with van der Waals surface area (Å²) >= 11 is 0. The lowest BCUT2D eigenvalue weighted by atomic mass is 10.1. The van der Waals surface area contributed by atoms with Crippen molar-refractivity contribution < 1.29 is 9.47 Å². The summed E-state index contributed by atoms with van der Waals surface area (Å²) in [6.07, 6.45) is 5.35. The molecule has 3 heteroatoms. The van der Waals surface area contributed by atoms with Crippen molar-refractivity contribution in [2.24, 2.45) is 5.92 Å². The highest BCUT2D eigenvalue weighted by Gasteiger charge is 2.22. The molecule has 1 aliphatic rings. The lowest BCUT2D eigenvalue weighted by Gasteiger charge is -2.12. The van der Waals surface area contributed by atoms with Crippen molar-refractivity contribution in [2.75, 3.05) is 33.5 Å². The van der Waals surface area contributed by atoms with Gasteiger partial charge in [-0.15, -0.1) is 0 Å². The van der Waals surface area contributed by atoms with Crippen LogP contribution >= 0.6 is 0 Å². The minimum Gasteiger partial charge on any atom is -0.382 e. The standard InChI is InChI=1S/C12H25NO2/c1-11(10-12-4-5-12)13-6-3-7-15-9-8-14-2/h11-13H,3-10H2,1-2H3. The van der Waals surface area contributed by atoms with Crippen LogP contribution in [0.3, 0.4) is 0 Å². The zero-order valence-electron chi connectivity index (χ0n) is 10.1. The van der Waals surface area contributed by atoms with Crippen LogP contribution in [-0.2, 0) is 9.47 Å². The molecule has 0 radical (unpaired) electrons. The van der Waals surface area contributed by atoms with Gasteiger partial charge in [0, 0.05) is 19.8 Å². The summed E-state index contributed by atoms with van der Waals surface area (Å²) in [6.45, 7) is 5.61. The SMILES string of the molecule is COCCOCCCNC(C)CC1CC1. The molecule has 0 aromatic rings. The summed E-state index contributed by atoms with van der Waals surface area (Å²) < 4.78 is 10.3. The van der Waals surface area contributed by atoms with Gasteiger partial charge in [-0.05, 0) is 32.2 Å². The second-order valence-electron chi connectivity index (χ2n) is 4.49. The molecule has 0 spiro atoms. The highest BCUT2D eigenvalue weighted by Crippen LogP contribution is 2.33. The van der Waals surface area contributed by atoms with Gasteiger partial charge in [0.1, 0.15) is 0 Å². The highest BCUT2D eigenvalue weighted by atomic mass is 16.5. The molecule has 0 saturated heterocycles. The Morgan fingerprint density at radius 3 is 2.73 bits per heavy atom. The molecule has 1 unspecified atom stereocenters. The fourth-order valence-corrected chi connectivity index (χ4v) is 1.70. The summed E-state index contributed by atoms with van der Waals surface area (Å²) in [6, 6.07) is 0.677. The molecule has 1 aliphatic carbocycles. The molecule has 0 heterocycles. The van der Waals surface area contributed by atoms with Gasteiger partial charge in [-0.1, -0.05) is 12.8 Å². The third kappa shape index (κ3) is 7.77. The normalized spacial score (nSPS) is 18.0. The minimum atomic E-state index is 0.677. The van der Waals surface area contributed by atoms with E-state index in [4.69, 9.17) is 9.47 Å². The van der Waals surface area contributed by atoms with E-state index in [1.165, 1.54) is 19.3 Å². The number of hydrogen-bond donors (Lipinski definition) is 1. The van der Waals surface area contributed by atoms with Gasteiger partial charge in [0.05, 0.1) is 13.2 Å². The average molecular weight is 215 g/mol. The molecule has 0 aromatic carbocycles. The van der Waals surface area contributed by atoms with Crippen molar-refractivity contribution in [3.8, 4) is 0 Å². The Labute approximate surface area is 93.5 Å². The molecule has 0 bridgehead atoms. The first kappa shape index (κ1) is 12.9. The van der Waals surface area contributed by atoms with E-state index in [0.29, 0.717) is 19.3 Å². The Morgan fingerprint density at radius 1 is 1.27 bits per heavy atom. The fourth-order valence-electron chi connectivity index (χ4n) is 1.70. The molecule has 90 valence electrons. The van der Waals surface area contributed by atoms with Crippen molar-refractivity contribution in [3.05, 3.63) is 0 Å². The first-order chi connectivity index (χ1) is 7.33.